The van der Waals surface area contributed by atoms with Crippen molar-refractivity contribution in [1.29, 1.82) is 0 Å². The molecule has 0 radical (unpaired) electrons. The molecule has 0 aliphatic carbocycles. The molecule has 23 heavy (non-hydrogen) atoms. The molecule has 8 heteroatoms. The number of hydrogen-bond acceptors (Lipinski definition) is 4. The molecule has 0 saturated carbocycles. The van der Waals surface area contributed by atoms with Gasteiger partial charge in [-0.15, -0.1) is 0 Å². The van der Waals surface area contributed by atoms with Gasteiger partial charge in [0.25, 0.3) is 0 Å². The molecule has 0 bridgehead atoms. The van der Waals surface area contributed by atoms with Crippen molar-refractivity contribution in [2.45, 2.75) is 56.0 Å². The van der Waals surface area contributed by atoms with E-state index in [2.05, 4.69) is 4.90 Å². The zero-order valence-electron chi connectivity index (χ0n) is 13.0. The van der Waals surface area contributed by atoms with Gasteiger partial charge >= 0.3 is 6.18 Å². The Morgan fingerprint density at radius 1 is 1.17 bits per heavy atom. The minimum absolute atomic E-state index is 0.0348. The topological polar surface area (TPSA) is 53.0 Å². The van der Waals surface area contributed by atoms with Crippen LogP contribution in [0.4, 0.5) is 13.2 Å². The van der Waals surface area contributed by atoms with E-state index < -0.39 is 24.7 Å². The fourth-order valence-corrected chi connectivity index (χ4v) is 3.93. The lowest BCUT2D eigenvalue weighted by molar-refractivity contribution is -0.253. The first-order valence-electron chi connectivity index (χ1n) is 8.23. The van der Waals surface area contributed by atoms with Gasteiger partial charge in [0.2, 0.25) is 5.91 Å². The van der Waals surface area contributed by atoms with Crippen LogP contribution >= 0.6 is 0 Å². The van der Waals surface area contributed by atoms with Crippen molar-refractivity contribution >= 4 is 5.91 Å². The maximum Gasteiger partial charge on any atom is 0.419 e. The van der Waals surface area contributed by atoms with E-state index in [-0.39, 0.29) is 24.5 Å². The van der Waals surface area contributed by atoms with Gasteiger partial charge in [0, 0.05) is 32.2 Å². The Balaban J connectivity index is 1.66. The zero-order chi connectivity index (χ0) is 16.7. The molecule has 0 aromatic heterocycles. The van der Waals surface area contributed by atoms with Crippen LogP contribution < -0.4 is 0 Å². The molecule has 3 aliphatic heterocycles. The summed E-state index contributed by atoms with van der Waals surface area (Å²) in [5.41, 5.74) is -2.76. The van der Waals surface area contributed by atoms with E-state index in [1.54, 1.807) is 0 Å². The van der Waals surface area contributed by atoms with E-state index in [9.17, 15) is 23.1 Å². The van der Waals surface area contributed by atoms with Crippen LogP contribution in [0.15, 0.2) is 0 Å². The summed E-state index contributed by atoms with van der Waals surface area (Å²) in [6, 6.07) is -0.0852. The Labute approximate surface area is 133 Å². The second-order valence-electron chi connectivity index (χ2n) is 6.78. The molecule has 0 spiro atoms. The fourth-order valence-electron chi connectivity index (χ4n) is 3.93. The quantitative estimate of drug-likeness (QED) is 0.822. The van der Waals surface area contributed by atoms with Crippen LogP contribution in [0.1, 0.15) is 32.1 Å². The SMILES string of the molecule is O=C([C@H]1CCCN1C1CCOCC1)N1CC[C@](O)(C(F)(F)F)C1. The van der Waals surface area contributed by atoms with Crippen molar-refractivity contribution in [1.82, 2.24) is 9.80 Å². The summed E-state index contributed by atoms with van der Waals surface area (Å²) in [4.78, 5) is 16.0. The standard InChI is InChI=1S/C15H23F3N2O3/c16-15(17,18)14(22)5-7-19(10-14)13(21)12-2-1-6-20(12)11-3-8-23-9-4-11/h11-12,22H,1-10H2/t12-,14-/m1/s1. The predicted octanol–water partition coefficient (Wildman–Crippen LogP) is 1.16. The van der Waals surface area contributed by atoms with Crippen LogP contribution in [0.25, 0.3) is 0 Å². The molecule has 0 unspecified atom stereocenters. The Kier molecular flexibility index (Phi) is 4.59. The lowest BCUT2D eigenvalue weighted by Gasteiger charge is -2.36. The molecule has 3 aliphatic rings. The van der Waals surface area contributed by atoms with Crippen LogP contribution in [0.3, 0.4) is 0 Å². The van der Waals surface area contributed by atoms with Gasteiger partial charge in [0.05, 0.1) is 12.6 Å². The highest BCUT2D eigenvalue weighted by Crippen LogP contribution is 2.38. The molecule has 3 rings (SSSR count). The molecule has 2 atom stereocenters. The van der Waals surface area contributed by atoms with Crippen molar-refractivity contribution in [3.05, 3.63) is 0 Å². The lowest BCUT2D eigenvalue weighted by atomic mass is 10.0. The third-order valence-electron chi connectivity index (χ3n) is 5.33. The number of rotatable bonds is 2. The maximum absolute atomic E-state index is 12.9. The number of aliphatic hydroxyl groups is 1. The van der Waals surface area contributed by atoms with Gasteiger partial charge in [-0.05, 0) is 32.2 Å². The molecule has 5 nitrogen and oxygen atoms in total. The van der Waals surface area contributed by atoms with Gasteiger partial charge in [-0.25, -0.2) is 0 Å². The highest BCUT2D eigenvalue weighted by Gasteiger charge is 2.58. The van der Waals surface area contributed by atoms with Crippen LogP contribution in [0, 0.1) is 0 Å². The summed E-state index contributed by atoms with van der Waals surface area (Å²) in [6.45, 7) is 1.46. The number of carbonyl (C=O) groups is 1. The van der Waals surface area contributed by atoms with Crippen LogP contribution in [0.5, 0.6) is 0 Å². The number of ether oxygens (including phenoxy) is 1. The van der Waals surface area contributed by atoms with Crippen LogP contribution in [-0.4, -0.2) is 77.5 Å². The van der Waals surface area contributed by atoms with E-state index in [0.29, 0.717) is 19.6 Å². The average molecular weight is 336 g/mol. The highest BCUT2D eigenvalue weighted by molar-refractivity contribution is 5.82. The van der Waals surface area contributed by atoms with Crippen molar-refractivity contribution < 1.29 is 27.8 Å². The molecule has 3 saturated heterocycles. The summed E-state index contributed by atoms with van der Waals surface area (Å²) >= 11 is 0. The molecule has 1 amide bonds. The van der Waals surface area contributed by atoms with Gasteiger partial charge in [-0.1, -0.05) is 0 Å². The summed E-state index contributed by atoms with van der Waals surface area (Å²) in [6.07, 6.45) is -1.86. The Hall–Kier alpha value is -0.860. The van der Waals surface area contributed by atoms with Gasteiger partial charge in [0.1, 0.15) is 0 Å². The number of halogens is 3. The second kappa shape index (κ2) is 6.22. The van der Waals surface area contributed by atoms with E-state index in [1.165, 1.54) is 4.90 Å². The van der Waals surface area contributed by atoms with Gasteiger partial charge in [0.15, 0.2) is 5.60 Å². The van der Waals surface area contributed by atoms with E-state index >= 15 is 0 Å². The van der Waals surface area contributed by atoms with E-state index in [1.807, 2.05) is 0 Å². The number of likely N-dealkylation sites (tertiary alicyclic amines) is 2. The van der Waals surface area contributed by atoms with Crippen molar-refractivity contribution in [2.75, 3.05) is 32.8 Å². The maximum atomic E-state index is 12.9. The minimum Gasteiger partial charge on any atom is -0.381 e. The molecule has 132 valence electrons. The zero-order valence-corrected chi connectivity index (χ0v) is 13.0. The molecule has 3 heterocycles. The molecule has 3 fully saturated rings. The van der Waals surface area contributed by atoms with Gasteiger partial charge < -0.3 is 14.7 Å². The summed E-state index contributed by atoms with van der Waals surface area (Å²) < 4.78 is 44.1. The van der Waals surface area contributed by atoms with E-state index in [0.717, 1.165) is 25.8 Å². The fraction of sp³-hybridized carbons (Fsp3) is 0.933. The van der Waals surface area contributed by atoms with E-state index in [4.69, 9.17) is 4.74 Å². The third-order valence-corrected chi connectivity index (χ3v) is 5.33. The Morgan fingerprint density at radius 3 is 2.48 bits per heavy atom. The summed E-state index contributed by atoms with van der Waals surface area (Å²) in [7, 11) is 0. The normalized spacial score (nSPS) is 34.3. The first-order chi connectivity index (χ1) is 10.8. The number of carbonyl (C=O) groups excluding carboxylic acids is 1. The van der Waals surface area contributed by atoms with Crippen molar-refractivity contribution in [3.8, 4) is 0 Å². The number of nitrogens with zero attached hydrogens (tertiary/aromatic N) is 2. The second-order valence-corrected chi connectivity index (χ2v) is 6.78. The van der Waals surface area contributed by atoms with Crippen molar-refractivity contribution in [2.24, 2.45) is 0 Å². The van der Waals surface area contributed by atoms with Crippen LogP contribution in [0.2, 0.25) is 0 Å². The van der Waals surface area contributed by atoms with Gasteiger partial charge in [-0.2, -0.15) is 13.2 Å². The Morgan fingerprint density at radius 2 is 1.87 bits per heavy atom. The number of β-amino-alcohol motifs (C(OH)–C–C–N with tert-alkyl or cyclic N) is 1. The number of alkyl halides is 3. The molecule has 1 N–H and O–H groups in total. The number of hydrogen-bond donors (Lipinski definition) is 1. The number of amides is 1. The highest BCUT2D eigenvalue weighted by atomic mass is 19.4. The first-order valence-corrected chi connectivity index (χ1v) is 8.23. The molecule has 0 aromatic rings. The van der Waals surface area contributed by atoms with Crippen molar-refractivity contribution in [3.63, 3.8) is 0 Å². The molecule has 0 aromatic carbocycles. The lowest BCUT2D eigenvalue weighted by Crippen LogP contribution is -2.52. The van der Waals surface area contributed by atoms with Gasteiger partial charge in [-0.3, -0.25) is 9.69 Å². The molecular formula is C15H23F3N2O3. The summed E-state index contributed by atoms with van der Waals surface area (Å²) in [5.74, 6) is -0.269. The first kappa shape index (κ1) is 17.0. The van der Waals surface area contributed by atoms with Crippen LogP contribution in [-0.2, 0) is 9.53 Å². The third kappa shape index (κ3) is 3.21. The Bertz CT molecular complexity index is 454. The smallest absolute Gasteiger partial charge is 0.381 e. The average Bonchev–Trinajstić information content (AvgIpc) is 3.14. The largest absolute Gasteiger partial charge is 0.419 e. The summed E-state index contributed by atoms with van der Waals surface area (Å²) in [5, 5.41) is 9.76. The molecular weight excluding hydrogens is 313 g/mol. The minimum atomic E-state index is -4.70. The monoisotopic (exact) mass is 336 g/mol. The predicted molar refractivity (Wildman–Crippen MR) is 75.8 cm³/mol.